The van der Waals surface area contributed by atoms with Crippen LogP contribution in [0, 0.1) is 0 Å². The average Bonchev–Trinajstić information content (AvgIpc) is 2.43. The second-order valence-electron chi connectivity index (χ2n) is 4.09. The molecule has 2 amide bonds. The Morgan fingerprint density at radius 2 is 1.62 bits per heavy atom. The van der Waals surface area contributed by atoms with Crippen molar-refractivity contribution in [3.63, 3.8) is 0 Å². The van der Waals surface area contributed by atoms with Gasteiger partial charge in [0.05, 0.1) is 16.3 Å². The minimum atomic E-state index is -1.09. The van der Waals surface area contributed by atoms with E-state index in [9.17, 15) is 9.59 Å². The fourth-order valence-electron chi connectivity index (χ4n) is 1.57. The summed E-state index contributed by atoms with van der Waals surface area (Å²) in [4.78, 5) is 22.6. The fraction of sp³-hybridized carbons (Fsp3) is 0. The first-order valence-corrected chi connectivity index (χ1v) is 6.58. The molecule has 0 fully saturated rings. The van der Waals surface area contributed by atoms with Crippen molar-refractivity contribution in [2.45, 2.75) is 0 Å². The lowest BCUT2D eigenvalue weighted by Crippen LogP contribution is -2.19. The molecule has 108 valence electrons. The van der Waals surface area contributed by atoms with Crippen LogP contribution in [0.1, 0.15) is 10.4 Å². The number of hydrogen-bond acceptors (Lipinski definition) is 2. The number of aromatic carboxylic acids is 1. The molecule has 0 saturated carbocycles. The minimum absolute atomic E-state index is 0.0451. The summed E-state index contributed by atoms with van der Waals surface area (Å²) >= 11 is 11.7. The van der Waals surface area contributed by atoms with Gasteiger partial charge in [-0.2, -0.15) is 0 Å². The van der Waals surface area contributed by atoms with Gasteiger partial charge in [-0.1, -0.05) is 23.2 Å². The first-order chi connectivity index (χ1) is 9.95. The lowest BCUT2D eigenvalue weighted by molar-refractivity contribution is 0.0697. The zero-order valence-electron chi connectivity index (χ0n) is 10.6. The molecule has 0 aromatic heterocycles. The molecule has 0 spiro atoms. The third-order valence-electron chi connectivity index (χ3n) is 2.57. The van der Waals surface area contributed by atoms with Gasteiger partial charge in [-0.05, 0) is 42.5 Å². The summed E-state index contributed by atoms with van der Waals surface area (Å²) in [6, 6.07) is 10.1. The Bertz CT molecular complexity index is 687. The number of benzene rings is 2. The van der Waals surface area contributed by atoms with Crippen LogP contribution in [-0.2, 0) is 0 Å². The van der Waals surface area contributed by atoms with Gasteiger partial charge in [-0.15, -0.1) is 0 Å². The number of carbonyl (C=O) groups is 2. The number of hydrogen-bond donors (Lipinski definition) is 3. The quantitative estimate of drug-likeness (QED) is 0.785. The first kappa shape index (κ1) is 15.2. The van der Waals surface area contributed by atoms with E-state index in [4.69, 9.17) is 28.3 Å². The predicted octanol–water partition coefficient (Wildman–Crippen LogP) is 4.34. The number of anilines is 2. The van der Waals surface area contributed by atoms with E-state index in [1.54, 1.807) is 24.3 Å². The molecule has 0 aliphatic rings. The number of carbonyl (C=O) groups excluding carboxylic acids is 1. The second-order valence-corrected chi connectivity index (χ2v) is 4.93. The molecule has 0 heterocycles. The molecule has 7 heteroatoms. The summed E-state index contributed by atoms with van der Waals surface area (Å²) in [5, 5.41) is 14.7. The zero-order valence-corrected chi connectivity index (χ0v) is 12.1. The van der Waals surface area contributed by atoms with Gasteiger partial charge in [0.25, 0.3) is 0 Å². The molecule has 2 aromatic carbocycles. The van der Waals surface area contributed by atoms with E-state index in [1.807, 2.05) is 0 Å². The summed E-state index contributed by atoms with van der Waals surface area (Å²) in [5.74, 6) is -1.09. The van der Waals surface area contributed by atoms with Crippen LogP contribution in [0.5, 0.6) is 0 Å². The number of carboxylic acids is 1. The number of amides is 2. The number of rotatable bonds is 3. The van der Waals surface area contributed by atoms with E-state index in [1.165, 1.54) is 18.2 Å². The predicted molar refractivity (Wildman–Crippen MR) is 82.5 cm³/mol. The van der Waals surface area contributed by atoms with Crippen molar-refractivity contribution in [3.8, 4) is 0 Å². The van der Waals surface area contributed by atoms with E-state index >= 15 is 0 Å². The van der Waals surface area contributed by atoms with Crippen LogP contribution in [0.3, 0.4) is 0 Å². The lowest BCUT2D eigenvalue weighted by atomic mass is 10.2. The molecular weight excluding hydrogens is 315 g/mol. The maximum absolute atomic E-state index is 11.8. The van der Waals surface area contributed by atoms with Crippen molar-refractivity contribution in [2.24, 2.45) is 0 Å². The van der Waals surface area contributed by atoms with Gasteiger partial charge in [-0.25, -0.2) is 9.59 Å². The third kappa shape index (κ3) is 4.11. The van der Waals surface area contributed by atoms with Gasteiger partial charge >= 0.3 is 12.0 Å². The summed E-state index contributed by atoms with van der Waals surface area (Å²) in [7, 11) is 0. The van der Waals surface area contributed by atoms with Crippen molar-refractivity contribution in [2.75, 3.05) is 10.6 Å². The molecule has 3 N–H and O–H groups in total. The van der Waals surface area contributed by atoms with Gasteiger partial charge < -0.3 is 15.7 Å². The van der Waals surface area contributed by atoms with Crippen molar-refractivity contribution in [1.29, 1.82) is 0 Å². The van der Waals surface area contributed by atoms with Gasteiger partial charge in [0.15, 0.2) is 0 Å². The molecule has 0 aliphatic carbocycles. The highest BCUT2D eigenvalue weighted by atomic mass is 35.5. The molecule has 0 atom stereocenters. The second kappa shape index (κ2) is 6.47. The van der Waals surface area contributed by atoms with Gasteiger partial charge in [-0.3, -0.25) is 0 Å². The van der Waals surface area contributed by atoms with Gasteiger partial charge in [0.2, 0.25) is 0 Å². The number of carboxylic acid groups (broad SMARTS) is 1. The molecule has 0 saturated heterocycles. The Morgan fingerprint density at radius 1 is 0.952 bits per heavy atom. The molecule has 21 heavy (non-hydrogen) atoms. The topological polar surface area (TPSA) is 78.4 Å². The number of nitrogens with one attached hydrogen (secondary N) is 2. The highest BCUT2D eigenvalue weighted by Gasteiger charge is 2.09. The van der Waals surface area contributed by atoms with E-state index < -0.39 is 12.0 Å². The van der Waals surface area contributed by atoms with E-state index in [-0.39, 0.29) is 10.6 Å². The van der Waals surface area contributed by atoms with Crippen molar-refractivity contribution in [1.82, 2.24) is 0 Å². The first-order valence-electron chi connectivity index (χ1n) is 5.82. The lowest BCUT2D eigenvalue weighted by Gasteiger charge is -2.09. The Kier molecular flexibility index (Phi) is 4.67. The van der Waals surface area contributed by atoms with Crippen molar-refractivity contribution >= 4 is 46.6 Å². The fourth-order valence-corrected chi connectivity index (χ4v) is 1.92. The zero-order chi connectivity index (χ0) is 15.4. The highest BCUT2D eigenvalue weighted by molar-refractivity contribution is 6.34. The smallest absolute Gasteiger partial charge is 0.335 e. The SMILES string of the molecule is O=C(Nc1ccc(Cl)cc1)Nc1ccc(C(=O)O)cc1Cl. The van der Waals surface area contributed by atoms with Crippen LogP contribution in [-0.4, -0.2) is 17.1 Å². The van der Waals surface area contributed by atoms with Gasteiger partial charge in [0.1, 0.15) is 0 Å². The van der Waals surface area contributed by atoms with Crippen LogP contribution in [0.25, 0.3) is 0 Å². The molecule has 0 unspecified atom stereocenters. The molecular formula is C14H10Cl2N2O3. The number of halogens is 2. The summed E-state index contributed by atoms with van der Waals surface area (Å²) in [5.41, 5.74) is 0.923. The largest absolute Gasteiger partial charge is 0.478 e. The standard InChI is InChI=1S/C14H10Cl2N2O3/c15-9-2-4-10(5-3-9)17-14(21)18-12-6-1-8(13(19)20)7-11(12)16/h1-7H,(H,19,20)(H2,17,18,21). The maximum Gasteiger partial charge on any atom is 0.335 e. The van der Waals surface area contributed by atoms with E-state index in [0.29, 0.717) is 16.4 Å². The molecule has 2 aromatic rings. The van der Waals surface area contributed by atoms with E-state index in [0.717, 1.165) is 0 Å². The summed E-state index contributed by atoms with van der Waals surface area (Å²) in [6.45, 7) is 0. The van der Waals surface area contributed by atoms with Crippen LogP contribution >= 0.6 is 23.2 Å². The van der Waals surface area contributed by atoms with Gasteiger partial charge in [0, 0.05) is 10.7 Å². The van der Waals surface area contributed by atoms with Crippen molar-refractivity contribution in [3.05, 3.63) is 58.1 Å². The molecule has 0 aliphatic heterocycles. The minimum Gasteiger partial charge on any atom is -0.478 e. The number of urea groups is 1. The Morgan fingerprint density at radius 3 is 2.19 bits per heavy atom. The molecule has 2 rings (SSSR count). The Hall–Kier alpha value is -2.24. The summed E-state index contributed by atoms with van der Waals surface area (Å²) < 4.78 is 0. The average molecular weight is 325 g/mol. The monoisotopic (exact) mass is 324 g/mol. The Balaban J connectivity index is 2.06. The Labute approximate surface area is 130 Å². The molecule has 0 bridgehead atoms. The molecule has 0 radical (unpaired) electrons. The molecule has 5 nitrogen and oxygen atoms in total. The van der Waals surface area contributed by atoms with Crippen LogP contribution in [0.4, 0.5) is 16.2 Å². The van der Waals surface area contributed by atoms with E-state index in [2.05, 4.69) is 10.6 Å². The summed E-state index contributed by atoms with van der Waals surface area (Å²) in [6.07, 6.45) is 0. The van der Waals surface area contributed by atoms with Crippen LogP contribution in [0.15, 0.2) is 42.5 Å². The highest BCUT2D eigenvalue weighted by Crippen LogP contribution is 2.23. The normalized spacial score (nSPS) is 10.0. The van der Waals surface area contributed by atoms with Crippen LogP contribution < -0.4 is 10.6 Å². The van der Waals surface area contributed by atoms with Crippen molar-refractivity contribution < 1.29 is 14.7 Å². The third-order valence-corrected chi connectivity index (χ3v) is 3.13. The maximum atomic E-state index is 11.8. The van der Waals surface area contributed by atoms with Crippen LogP contribution in [0.2, 0.25) is 10.0 Å².